The van der Waals surface area contributed by atoms with Crippen LogP contribution in [0.2, 0.25) is 0 Å². The highest BCUT2D eigenvalue weighted by Crippen LogP contribution is 2.06. The van der Waals surface area contributed by atoms with Crippen LogP contribution in [0.15, 0.2) is 0 Å². The summed E-state index contributed by atoms with van der Waals surface area (Å²) < 4.78 is 0. The van der Waals surface area contributed by atoms with Crippen LogP contribution in [-0.2, 0) is 14.4 Å². The number of hydrogen-bond donors (Lipinski definition) is 3. The molecule has 0 spiro atoms. The van der Waals surface area contributed by atoms with Crippen molar-refractivity contribution in [3.8, 4) is 0 Å². The van der Waals surface area contributed by atoms with Gasteiger partial charge < -0.3 is 20.9 Å². The molecular weight excluding hydrogens is 296 g/mol. The molecule has 1 rings (SSSR count). The summed E-state index contributed by atoms with van der Waals surface area (Å²) in [5.74, 6) is -0.260. The van der Waals surface area contributed by atoms with Gasteiger partial charge in [-0.25, -0.2) is 0 Å². The quantitative estimate of drug-likeness (QED) is 0.562. The van der Waals surface area contributed by atoms with E-state index >= 15 is 0 Å². The van der Waals surface area contributed by atoms with E-state index in [0.29, 0.717) is 19.6 Å². The number of carbonyl (C=O) groups is 3. The number of piperazine rings is 1. The van der Waals surface area contributed by atoms with Crippen LogP contribution in [0.4, 0.5) is 0 Å². The summed E-state index contributed by atoms with van der Waals surface area (Å²) in [6, 6.07) is 0.180. The van der Waals surface area contributed by atoms with Gasteiger partial charge in [0.25, 0.3) is 0 Å². The van der Waals surface area contributed by atoms with Crippen LogP contribution < -0.4 is 16.0 Å². The molecule has 0 aromatic carbocycles. The number of rotatable bonds is 6. The van der Waals surface area contributed by atoms with Crippen LogP contribution in [0.5, 0.6) is 0 Å². The summed E-state index contributed by atoms with van der Waals surface area (Å²) in [6.45, 7) is 6.52. The maximum atomic E-state index is 12.0. The Bertz CT molecular complexity index is 365. The Labute approximate surface area is 131 Å². The van der Waals surface area contributed by atoms with Crippen LogP contribution >= 0.6 is 12.4 Å². The third-order valence-corrected chi connectivity index (χ3v) is 3.21. The molecule has 1 fully saturated rings. The summed E-state index contributed by atoms with van der Waals surface area (Å²) in [5, 5.41) is 8.48. The molecule has 7 nitrogen and oxygen atoms in total. The zero-order chi connectivity index (χ0) is 15.0. The van der Waals surface area contributed by atoms with Crippen molar-refractivity contribution in [2.24, 2.45) is 0 Å². The van der Waals surface area contributed by atoms with Gasteiger partial charge in [0.15, 0.2) is 0 Å². The molecule has 0 aromatic rings. The van der Waals surface area contributed by atoms with Crippen LogP contribution in [-0.4, -0.2) is 61.4 Å². The van der Waals surface area contributed by atoms with Gasteiger partial charge in [-0.3, -0.25) is 14.4 Å². The van der Waals surface area contributed by atoms with Crippen molar-refractivity contribution in [2.75, 3.05) is 32.7 Å². The molecule has 1 aliphatic heterocycles. The maximum absolute atomic E-state index is 12.0. The van der Waals surface area contributed by atoms with Crippen molar-refractivity contribution < 1.29 is 14.4 Å². The predicted molar refractivity (Wildman–Crippen MR) is 82.2 cm³/mol. The molecule has 0 unspecified atom stereocenters. The van der Waals surface area contributed by atoms with Gasteiger partial charge >= 0.3 is 0 Å². The van der Waals surface area contributed by atoms with E-state index in [2.05, 4.69) is 16.0 Å². The molecule has 1 heterocycles. The standard InChI is InChI=1S/C13H24N4O3.ClH/c1-10-9-14-7-8-17(10)13(20)4-3-12(19)16-6-5-15-11(2)18;/h10,14H,3-9H2,1-2H3,(H,15,18)(H,16,19);1H/t10-;/m1./s1. The Morgan fingerprint density at radius 1 is 1.19 bits per heavy atom. The van der Waals surface area contributed by atoms with E-state index < -0.39 is 0 Å². The molecule has 0 aromatic heterocycles. The lowest BCUT2D eigenvalue weighted by molar-refractivity contribution is -0.136. The Balaban J connectivity index is 0.00000400. The van der Waals surface area contributed by atoms with E-state index in [1.165, 1.54) is 6.92 Å². The molecular formula is C13H25ClN4O3. The molecule has 122 valence electrons. The first-order valence-corrected chi connectivity index (χ1v) is 7.02. The van der Waals surface area contributed by atoms with Crippen LogP contribution in [0.1, 0.15) is 26.7 Å². The molecule has 1 atom stereocenters. The first-order valence-electron chi connectivity index (χ1n) is 7.02. The molecule has 0 bridgehead atoms. The molecule has 3 amide bonds. The fourth-order valence-electron chi connectivity index (χ4n) is 2.10. The summed E-state index contributed by atoms with van der Waals surface area (Å²) in [6.07, 6.45) is 0.422. The van der Waals surface area contributed by atoms with Crippen molar-refractivity contribution in [2.45, 2.75) is 32.7 Å². The van der Waals surface area contributed by atoms with Gasteiger partial charge in [-0.2, -0.15) is 0 Å². The average Bonchev–Trinajstić information content (AvgIpc) is 2.41. The monoisotopic (exact) mass is 320 g/mol. The number of hydrogen-bond acceptors (Lipinski definition) is 4. The first-order chi connectivity index (χ1) is 9.50. The average molecular weight is 321 g/mol. The third-order valence-electron chi connectivity index (χ3n) is 3.21. The molecule has 1 saturated heterocycles. The van der Waals surface area contributed by atoms with E-state index in [1.807, 2.05) is 11.8 Å². The highest BCUT2D eigenvalue weighted by atomic mass is 35.5. The summed E-state index contributed by atoms with van der Waals surface area (Å²) in [7, 11) is 0. The van der Waals surface area contributed by atoms with E-state index in [0.717, 1.165) is 13.1 Å². The largest absolute Gasteiger partial charge is 0.355 e. The van der Waals surface area contributed by atoms with Crippen LogP contribution in [0.25, 0.3) is 0 Å². The first kappa shape index (κ1) is 19.7. The van der Waals surface area contributed by atoms with Gasteiger partial charge in [0.05, 0.1) is 0 Å². The second-order valence-electron chi connectivity index (χ2n) is 4.97. The number of nitrogens with one attached hydrogen (secondary N) is 3. The Kier molecular flexibility index (Phi) is 9.73. The summed E-state index contributed by atoms with van der Waals surface area (Å²) in [4.78, 5) is 36.0. The number of halogens is 1. The SMILES string of the molecule is CC(=O)NCCNC(=O)CCC(=O)N1CCNC[C@H]1C.Cl. The van der Waals surface area contributed by atoms with E-state index in [9.17, 15) is 14.4 Å². The highest BCUT2D eigenvalue weighted by molar-refractivity contribution is 5.85. The van der Waals surface area contributed by atoms with Gasteiger partial charge in [-0.05, 0) is 6.92 Å². The van der Waals surface area contributed by atoms with Crippen LogP contribution in [0, 0.1) is 0 Å². The van der Waals surface area contributed by atoms with E-state index in [4.69, 9.17) is 0 Å². The fraction of sp³-hybridized carbons (Fsp3) is 0.769. The zero-order valence-corrected chi connectivity index (χ0v) is 13.4. The van der Waals surface area contributed by atoms with E-state index in [-0.39, 0.29) is 49.0 Å². The normalized spacial score (nSPS) is 17.6. The lowest BCUT2D eigenvalue weighted by atomic mass is 10.2. The molecule has 8 heteroatoms. The lowest BCUT2D eigenvalue weighted by Gasteiger charge is -2.34. The minimum absolute atomic E-state index is 0. The summed E-state index contributed by atoms with van der Waals surface area (Å²) >= 11 is 0. The van der Waals surface area contributed by atoms with Crippen molar-refractivity contribution in [1.82, 2.24) is 20.9 Å². The van der Waals surface area contributed by atoms with Crippen molar-refractivity contribution in [1.29, 1.82) is 0 Å². The molecule has 0 radical (unpaired) electrons. The van der Waals surface area contributed by atoms with Crippen molar-refractivity contribution in [3.05, 3.63) is 0 Å². The van der Waals surface area contributed by atoms with Gasteiger partial charge in [0.1, 0.15) is 0 Å². The van der Waals surface area contributed by atoms with Gasteiger partial charge in [0.2, 0.25) is 17.7 Å². The summed E-state index contributed by atoms with van der Waals surface area (Å²) in [5.41, 5.74) is 0. The second kappa shape index (κ2) is 10.4. The smallest absolute Gasteiger partial charge is 0.223 e. The maximum Gasteiger partial charge on any atom is 0.223 e. The zero-order valence-electron chi connectivity index (χ0n) is 12.6. The Morgan fingerprint density at radius 3 is 2.48 bits per heavy atom. The van der Waals surface area contributed by atoms with Crippen molar-refractivity contribution >= 4 is 30.1 Å². The molecule has 21 heavy (non-hydrogen) atoms. The minimum Gasteiger partial charge on any atom is -0.355 e. The molecule has 0 aliphatic carbocycles. The fourth-order valence-corrected chi connectivity index (χ4v) is 2.10. The number of amides is 3. The Morgan fingerprint density at radius 2 is 1.86 bits per heavy atom. The number of nitrogens with zero attached hydrogens (tertiary/aromatic N) is 1. The predicted octanol–water partition coefficient (Wildman–Crippen LogP) is -0.739. The van der Waals surface area contributed by atoms with Crippen LogP contribution in [0.3, 0.4) is 0 Å². The van der Waals surface area contributed by atoms with Gasteiger partial charge in [0, 0.05) is 58.5 Å². The minimum atomic E-state index is -0.161. The molecule has 0 saturated carbocycles. The lowest BCUT2D eigenvalue weighted by Crippen LogP contribution is -2.52. The topological polar surface area (TPSA) is 90.5 Å². The molecule has 3 N–H and O–H groups in total. The third kappa shape index (κ3) is 7.87. The Hall–Kier alpha value is -1.34. The van der Waals surface area contributed by atoms with Gasteiger partial charge in [-0.15, -0.1) is 12.4 Å². The second-order valence-corrected chi connectivity index (χ2v) is 4.97. The molecule has 1 aliphatic rings. The van der Waals surface area contributed by atoms with E-state index in [1.54, 1.807) is 0 Å². The van der Waals surface area contributed by atoms with Gasteiger partial charge in [-0.1, -0.05) is 0 Å². The number of carbonyl (C=O) groups excluding carboxylic acids is 3. The van der Waals surface area contributed by atoms with Crippen molar-refractivity contribution in [3.63, 3.8) is 0 Å². The highest BCUT2D eigenvalue weighted by Gasteiger charge is 2.22.